The predicted octanol–water partition coefficient (Wildman–Crippen LogP) is 2.91. The lowest BCUT2D eigenvalue weighted by Crippen LogP contribution is -2.51. The molecule has 3 N–H and O–H groups in total. The molecule has 0 saturated carbocycles. The summed E-state index contributed by atoms with van der Waals surface area (Å²) in [6.07, 6.45) is 0.298. The Morgan fingerprint density at radius 3 is 2.60 bits per heavy atom. The second kappa shape index (κ2) is 5.28. The van der Waals surface area contributed by atoms with E-state index in [1.165, 1.54) is 6.92 Å². The van der Waals surface area contributed by atoms with Gasteiger partial charge in [0, 0.05) is 10.9 Å². The summed E-state index contributed by atoms with van der Waals surface area (Å²) in [5.74, 6) is -1.50. The Hall–Kier alpha value is -1.82. The number of aliphatic carboxylic acids is 1. The molecule has 1 atom stereocenters. The number of carboxylic acid groups (broad SMARTS) is 1. The van der Waals surface area contributed by atoms with Crippen LogP contribution in [0, 0.1) is 0 Å². The van der Waals surface area contributed by atoms with Crippen LogP contribution in [-0.2, 0) is 4.79 Å². The number of H-pyrrole nitrogens is 1. The number of aromatic nitrogens is 1. The highest BCUT2D eigenvalue weighted by molar-refractivity contribution is 9.10. The van der Waals surface area contributed by atoms with Crippen molar-refractivity contribution in [1.82, 2.24) is 10.3 Å². The molecule has 0 aliphatic rings. The topological polar surface area (TPSA) is 82.2 Å². The van der Waals surface area contributed by atoms with Crippen molar-refractivity contribution in [3.05, 3.63) is 34.4 Å². The Labute approximate surface area is 124 Å². The summed E-state index contributed by atoms with van der Waals surface area (Å²) in [6.45, 7) is 3.21. The zero-order chi connectivity index (χ0) is 14.9. The Morgan fingerprint density at radius 2 is 2.05 bits per heavy atom. The maximum Gasteiger partial charge on any atom is 0.329 e. The normalized spacial score (nSPS) is 13.9. The summed E-state index contributed by atoms with van der Waals surface area (Å²) < 4.78 is 0.634. The van der Waals surface area contributed by atoms with Gasteiger partial charge in [-0.1, -0.05) is 25.1 Å². The van der Waals surface area contributed by atoms with Crippen LogP contribution in [-0.4, -0.2) is 27.5 Å². The van der Waals surface area contributed by atoms with Crippen molar-refractivity contribution in [1.29, 1.82) is 0 Å². The Kier molecular flexibility index (Phi) is 3.85. The van der Waals surface area contributed by atoms with Gasteiger partial charge in [-0.05, 0) is 35.3 Å². The lowest BCUT2D eigenvalue weighted by atomic mass is 9.99. The molecule has 1 aromatic heterocycles. The number of amides is 1. The molecule has 6 heteroatoms. The van der Waals surface area contributed by atoms with Crippen molar-refractivity contribution >= 4 is 38.7 Å². The van der Waals surface area contributed by atoms with Crippen molar-refractivity contribution in [2.45, 2.75) is 25.8 Å². The first-order valence-corrected chi connectivity index (χ1v) is 7.00. The zero-order valence-corrected chi connectivity index (χ0v) is 12.7. The van der Waals surface area contributed by atoms with Crippen LogP contribution in [0.4, 0.5) is 0 Å². The van der Waals surface area contributed by atoms with Gasteiger partial charge in [0.1, 0.15) is 11.2 Å². The van der Waals surface area contributed by atoms with Gasteiger partial charge in [0.15, 0.2) is 0 Å². The number of hydrogen-bond acceptors (Lipinski definition) is 2. The minimum Gasteiger partial charge on any atom is -0.480 e. The minimum atomic E-state index is -1.28. The molecule has 0 aliphatic heterocycles. The fourth-order valence-corrected chi connectivity index (χ4v) is 2.50. The molecule has 0 spiro atoms. The molecule has 5 nitrogen and oxygen atoms in total. The first kappa shape index (κ1) is 14.6. The Morgan fingerprint density at radius 1 is 1.40 bits per heavy atom. The van der Waals surface area contributed by atoms with Gasteiger partial charge in [0.25, 0.3) is 5.91 Å². The number of halogens is 1. The van der Waals surface area contributed by atoms with E-state index in [1.54, 1.807) is 6.92 Å². The highest BCUT2D eigenvalue weighted by atomic mass is 79.9. The number of nitrogens with one attached hydrogen (secondary N) is 2. The van der Waals surface area contributed by atoms with Gasteiger partial charge >= 0.3 is 5.97 Å². The predicted molar refractivity (Wildman–Crippen MR) is 79.8 cm³/mol. The van der Waals surface area contributed by atoms with Crippen LogP contribution in [0.5, 0.6) is 0 Å². The number of rotatable bonds is 4. The minimum absolute atomic E-state index is 0.298. The van der Waals surface area contributed by atoms with E-state index in [0.29, 0.717) is 16.6 Å². The van der Waals surface area contributed by atoms with E-state index in [1.807, 2.05) is 24.3 Å². The van der Waals surface area contributed by atoms with Gasteiger partial charge in [-0.25, -0.2) is 4.79 Å². The largest absolute Gasteiger partial charge is 0.480 e. The van der Waals surface area contributed by atoms with Gasteiger partial charge < -0.3 is 15.4 Å². The standard InChI is InChI=1S/C14H15BrN2O3/c1-3-14(2,13(19)20)17-12(18)11-10(15)8-6-4-5-7-9(8)16-11/h4-7,16H,3H2,1-2H3,(H,17,18)(H,19,20). The molecule has 1 amide bonds. The summed E-state index contributed by atoms with van der Waals surface area (Å²) in [4.78, 5) is 26.5. The summed E-state index contributed by atoms with van der Waals surface area (Å²) >= 11 is 3.38. The molecule has 2 aromatic rings. The molecular weight excluding hydrogens is 324 g/mol. The van der Waals surface area contributed by atoms with Gasteiger partial charge in [-0.2, -0.15) is 0 Å². The van der Waals surface area contributed by atoms with Crippen LogP contribution >= 0.6 is 15.9 Å². The van der Waals surface area contributed by atoms with Crippen LogP contribution in [0.15, 0.2) is 28.7 Å². The van der Waals surface area contributed by atoms with Crippen molar-refractivity contribution in [2.75, 3.05) is 0 Å². The van der Waals surface area contributed by atoms with Crippen molar-refractivity contribution in [3.63, 3.8) is 0 Å². The SMILES string of the molecule is CCC(C)(NC(=O)c1[nH]c2ccccc2c1Br)C(=O)O. The van der Waals surface area contributed by atoms with Crippen LogP contribution < -0.4 is 5.32 Å². The number of carbonyl (C=O) groups is 2. The Bertz CT molecular complexity index is 680. The maximum atomic E-state index is 12.3. The molecule has 0 saturated heterocycles. The number of hydrogen-bond donors (Lipinski definition) is 3. The number of carbonyl (C=O) groups excluding carboxylic acids is 1. The molecule has 1 unspecified atom stereocenters. The van der Waals surface area contributed by atoms with Crippen molar-refractivity contribution in [2.24, 2.45) is 0 Å². The third-order valence-corrected chi connectivity index (χ3v) is 4.26. The fraction of sp³-hybridized carbons (Fsp3) is 0.286. The Balaban J connectivity index is 2.37. The molecular formula is C14H15BrN2O3. The molecule has 20 heavy (non-hydrogen) atoms. The van der Waals surface area contributed by atoms with E-state index in [2.05, 4.69) is 26.2 Å². The third-order valence-electron chi connectivity index (χ3n) is 3.44. The van der Waals surface area contributed by atoms with E-state index >= 15 is 0 Å². The summed E-state index contributed by atoms with van der Waals surface area (Å²) in [5, 5.41) is 12.6. The van der Waals surface area contributed by atoms with E-state index < -0.39 is 17.4 Å². The monoisotopic (exact) mass is 338 g/mol. The smallest absolute Gasteiger partial charge is 0.329 e. The quantitative estimate of drug-likeness (QED) is 0.801. The molecule has 1 heterocycles. The zero-order valence-electron chi connectivity index (χ0n) is 11.2. The number of para-hydroxylation sites is 1. The molecule has 106 valence electrons. The summed E-state index contributed by atoms with van der Waals surface area (Å²) in [6, 6.07) is 7.46. The number of fused-ring (bicyclic) bond motifs is 1. The molecule has 0 radical (unpaired) electrons. The average Bonchev–Trinajstić information content (AvgIpc) is 2.76. The fourth-order valence-electron chi connectivity index (χ4n) is 1.87. The first-order valence-electron chi connectivity index (χ1n) is 6.21. The molecule has 0 bridgehead atoms. The van der Waals surface area contributed by atoms with Gasteiger partial charge in [0.2, 0.25) is 0 Å². The number of carboxylic acids is 1. The van der Waals surface area contributed by atoms with Gasteiger partial charge in [-0.15, -0.1) is 0 Å². The molecule has 1 aromatic carbocycles. The summed E-state index contributed by atoms with van der Waals surface area (Å²) in [5.41, 5.74) is -0.140. The highest BCUT2D eigenvalue weighted by Crippen LogP contribution is 2.28. The maximum absolute atomic E-state index is 12.3. The van der Waals surface area contributed by atoms with E-state index in [0.717, 1.165) is 10.9 Å². The van der Waals surface area contributed by atoms with Gasteiger partial charge in [-0.3, -0.25) is 4.79 Å². The number of benzene rings is 1. The van der Waals surface area contributed by atoms with E-state index in [4.69, 9.17) is 0 Å². The lowest BCUT2D eigenvalue weighted by Gasteiger charge is -2.24. The van der Waals surface area contributed by atoms with Crippen LogP contribution in [0.3, 0.4) is 0 Å². The number of aromatic amines is 1. The van der Waals surface area contributed by atoms with Crippen molar-refractivity contribution < 1.29 is 14.7 Å². The molecule has 0 fully saturated rings. The second-order valence-corrected chi connectivity index (χ2v) is 5.60. The lowest BCUT2D eigenvalue weighted by molar-refractivity contribution is -0.143. The van der Waals surface area contributed by atoms with Crippen LogP contribution in [0.2, 0.25) is 0 Å². The molecule has 0 aliphatic carbocycles. The van der Waals surface area contributed by atoms with E-state index in [9.17, 15) is 14.7 Å². The second-order valence-electron chi connectivity index (χ2n) is 4.80. The van der Waals surface area contributed by atoms with Crippen molar-refractivity contribution in [3.8, 4) is 0 Å². The van der Waals surface area contributed by atoms with Crippen LogP contribution in [0.1, 0.15) is 30.8 Å². The summed E-state index contributed by atoms with van der Waals surface area (Å²) in [7, 11) is 0. The molecule has 2 rings (SSSR count). The third kappa shape index (κ3) is 2.43. The van der Waals surface area contributed by atoms with E-state index in [-0.39, 0.29) is 0 Å². The highest BCUT2D eigenvalue weighted by Gasteiger charge is 2.34. The first-order chi connectivity index (χ1) is 9.39. The van der Waals surface area contributed by atoms with Gasteiger partial charge in [0.05, 0.1) is 4.47 Å². The van der Waals surface area contributed by atoms with Crippen LogP contribution in [0.25, 0.3) is 10.9 Å². The average molecular weight is 339 g/mol.